The topological polar surface area (TPSA) is 38.5 Å². The second-order valence-electron chi connectivity index (χ2n) is 4.70. The number of nitrogens with two attached hydrogens (primary N) is 1. The van der Waals surface area contributed by atoms with Crippen molar-refractivity contribution in [2.45, 2.75) is 19.8 Å². The zero-order chi connectivity index (χ0) is 12.3. The molecule has 3 nitrogen and oxygen atoms in total. The Hall–Kier alpha value is -0.580. The minimum atomic E-state index is 0.616. The number of halogens is 1. The van der Waals surface area contributed by atoms with Crippen molar-refractivity contribution < 1.29 is 4.84 Å². The normalized spacial score (nSPS) is 17.5. The fourth-order valence-corrected chi connectivity index (χ4v) is 2.64. The molecule has 1 aliphatic heterocycles. The third-order valence-electron chi connectivity index (χ3n) is 3.47. The van der Waals surface area contributed by atoms with Crippen molar-refractivity contribution in [3.63, 3.8) is 0 Å². The van der Waals surface area contributed by atoms with E-state index in [4.69, 9.17) is 10.7 Å². The SMILES string of the molecule is Cc1ccc(N2CCC(CON)CC2)cc1Br. The number of aryl methyl sites for hydroxylation is 1. The summed E-state index contributed by atoms with van der Waals surface area (Å²) in [6.07, 6.45) is 2.31. The van der Waals surface area contributed by atoms with Crippen LogP contribution in [0.1, 0.15) is 18.4 Å². The summed E-state index contributed by atoms with van der Waals surface area (Å²) in [6.45, 7) is 4.97. The zero-order valence-electron chi connectivity index (χ0n) is 10.2. The second-order valence-corrected chi connectivity index (χ2v) is 5.55. The van der Waals surface area contributed by atoms with Crippen molar-refractivity contribution in [2.75, 3.05) is 24.6 Å². The van der Waals surface area contributed by atoms with Gasteiger partial charge in [0.1, 0.15) is 0 Å². The van der Waals surface area contributed by atoms with Gasteiger partial charge in [0.05, 0.1) is 6.61 Å². The van der Waals surface area contributed by atoms with Gasteiger partial charge >= 0.3 is 0 Å². The van der Waals surface area contributed by atoms with Gasteiger partial charge in [-0.2, -0.15) is 0 Å². The number of hydrogen-bond acceptors (Lipinski definition) is 3. The number of piperidine rings is 1. The third kappa shape index (κ3) is 3.21. The van der Waals surface area contributed by atoms with E-state index >= 15 is 0 Å². The summed E-state index contributed by atoms with van der Waals surface area (Å²) < 4.78 is 1.18. The maximum atomic E-state index is 5.12. The van der Waals surface area contributed by atoms with Gasteiger partial charge in [0.2, 0.25) is 0 Å². The van der Waals surface area contributed by atoms with Crippen LogP contribution in [0.15, 0.2) is 22.7 Å². The number of anilines is 1. The van der Waals surface area contributed by atoms with Gasteiger partial charge in [-0.3, -0.25) is 0 Å². The lowest BCUT2D eigenvalue weighted by molar-refractivity contribution is 0.0918. The van der Waals surface area contributed by atoms with Gasteiger partial charge in [-0.05, 0) is 43.4 Å². The van der Waals surface area contributed by atoms with Crippen LogP contribution in [0.4, 0.5) is 5.69 Å². The first-order chi connectivity index (χ1) is 8.20. The zero-order valence-corrected chi connectivity index (χ0v) is 11.7. The molecule has 1 aromatic carbocycles. The van der Waals surface area contributed by atoms with Gasteiger partial charge in [-0.25, -0.2) is 5.90 Å². The van der Waals surface area contributed by atoms with E-state index in [2.05, 4.69) is 46.0 Å². The lowest BCUT2D eigenvalue weighted by atomic mass is 9.97. The van der Waals surface area contributed by atoms with Gasteiger partial charge in [-0.1, -0.05) is 22.0 Å². The summed E-state index contributed by atoms with van der Waals surface area (Å²) in [7, 11) is 0. The van der Waals surface area contributed by atoms with Crippen molar-refractivity contribution in [1.29, 1.82) is 0 Å². The van der Waals surface area contributed by atoms with E-state index < -0.39 is 0 Å². The fourth-order valence-electron chi connectivity index (χ4n) is 2.27. The summed E-state index contributed by atoms with van der Waals surface area (Å²) in [5, 5.41) is 0. The van der Waals surface area contributed by atoms with Crippen LogP contribution in [0.3, 0.4) is 0 Å². The van der Waals surface area contributed by atoms with E-state index in [9.17, 15) is 0 Å². The molecular weight excluding hydrogens is 280 g/mol. The van der Waals surface area contributed by atoms with Crippen LogP contribution in [0, 0.1) is 12.8 Å². The van der Waals surface area contributed by atoms with E-state index in [-0.39, 0.29) is 0 Å². The Kier molecular flexibility index (Phi) is 4.42. The molecule has 0 bridgehead atoms. The van der Waals surface area contributed by atoms with E-state index in [1.165, 1.54) is 15.7 Å². The Morgan fingerprint density at radius 2 is 2.12 bits per heavy atom. The first-order valence-corrected chi connectivity index (χ1v) is 6.83. The van der Waals surface area contributed by atoms with Gasteiger partial charge in [0.15, 0.2) is 0 Å². The summed E-state index contributed by atoms with van der Waals surface area (Å²) in [4.78, 5) is 7.16. The van der Waals surface area contributed by atoms with Crippen LogP contribution in [0.5, 0.6) is 0 Å². The number of hydrogen-bond donors (Lipinski definition) is 1. The molecule has 1 aliphatic rings. The standard InChI is InChI=1S/C13H19BrN2O/c1-10-2-3-12(8-13(10)14)16-6-4-11(5-7-16)9-17-15/h2-3,8,11H,4-7,9,15H2,1H3. The van der Waals surface area contributed by atoms with Crippen molar-refractivity contribution in [3.8, 4) is 0 Å². The lowest BCUT2D eigenvalue weighted by Gasteiger charge is -2.33. The summed E-state index contributed by atoms with van der Waals surface area (Å²) in [5.41, 5.74) is 2.58. The van der Waals surface area contributed by atoms with Crippen molar-refractivity contribution in [3.05, 3.63) is 28.2 Å². The van der Waals surface area contributed by atoms with E-state index in [0.717, 1.165) is 25.9 Å². The van der Waals surface area contributed by atoms with Gasteiger partial charge in [0, 0.05) is 23.2 Å². The third-order valence-corrected chi connectivity index (χ3v) is 4.32. The molecule has 0 radical (unpaired) electrons. The lowest BCUT2D eigenvalue weighted by Crippen LogP contribution is -2.35. The Bertz CT molecular complexity index is 376. The van der Waals surface area contributed by atoms with Crippen LogP contribution in [0.25, 0.3) is 0 Å². The highest BCUT2D eigenvalue weighted by atomic mass is 79.9. The molecule has 0 unspecified atom stereocenters. The monoisotopic (exact) mass is 298 g/mol. The minimum Gasteiger partial charge on any atom is -0.371 e. The second kappa shape index (κ2) is 5.85. The molecule has 94 valence electrons. The summed E-state index contributed by atoms with van der Waals surface area (Å²) >= 11 is 3.59. The van der Waals surface area contributed by atoms with E-state index in [0.29, 0.717) is 12.5 Å². The maximum absolute atomic E-state index is 5.12. The predicted octanol–water partition coefficient (Wildman–Crippen LogP) is 2.86. The molecule has 17 heavy (non-hydrogen) atoms. The Balaban J connectivity index is 1.98. The minimum absolute atomic E-state index is 0.616. The Morgan fingerprint density at radius 3 is 2.71 bits per heavy atom. The molecular formula is C13H19BrN2O. The number of benzene rings is 1. The fraction of sp³-hybridized carbons (Fsp3) is 0.538. The van der Waals surface area contributed by atoms with Gasteiger partial charge in [-0.15, -0.1) is 0 Å². The first kappa shape index (κ1) is 12.9. The van der Waals surface area contributed by atoms with E-state index in [1.54, 1.807) is 0 Å². The Labute approximate surface area is 111 Å². The molecule has 0 saturated carbocycles. The molecule has 0 atom stereocenters. The van der Waals surface area contributed by atoms with Crippen LogP contribution >= 0.6 is 15.9 Å². The van der Waals surface area contributed by atoms with E-state index in [1.807, 2.05) is 0 Å². The Morgan fingerprint density at radius 1 is 1.41 bits per heavy atom. The largest absolute Gasteiger partial charge is 0.371 e. The van der Waals surface area contributed by atoms with Crippen molar-refractivity contribution in [2.24, 2.45) is 11.8 Å². The summed E-state index contributed by atoms with van der Waals surface area (Å²) in [5.74, 6) is 5.74. The molecule has 1 saturated heterocycles. The highest BCUT2D eigenvalue weighted by Gasteiger charge is 2.19. The van der Waals surface area contributed by atoms with Crippen molar-refractivity contribution >= 4 is 21.6 Å². The molecule has 1 fully saturated rings. The summed E-state index contributed by atoms with van der Waals surface area (Å²) in [6, 6.07) is 6.56. The molecule has 0 aromatic heterocycles. The molecule has 1 heterocycles. The maximum Gasteiger partial charge on any atom is 0.0708 e. The first-order valence-electron chi connectivity index (χ1n) is 6.03. The van der Waals surface area contributed by atoms with Crippen LogP contribution in [-0.4, -0.2) is 19.7 Å². The smallest absolute Gasteiger partial charge is 0.0708 e. The number of rotatable bonds is 3. The molecule has 2 N–H and O–H groups in total. The van der Waals surface area contributed by atoms with Crippen LogP contribution in [-0.2, 0) is 4.84 Å². The van der Waals surface area contributed by atoms with Gasteiger partial charge in [0.25, 0.3) is 0 Å². The highest BCUT2D eigenvalue weighted by molar-refractivity contribution is 9.10. The molecule has 0 spiro atoms. The van der Waals surface area contributed by atoms with Crippen molar-refractivity contribution in [1.82, 2.24) is 0 Å². The molecule has 1 aromatic rings. The molecule has 4 heteroatoms. The van der Waals surface area contributed by atoms with Crippen LogP contribution in [0.2, 0.25) is 0 Å². The molecule has 0 amide bonds. The highest BCUT2D eigenvalue weighted by Crippen LogP contribution is 2.27. The van der Waals surface area contributed by atoms with Crippen LogP contribution < -0.4 is 10.8 Å². The van der Waals surface area contributed by atoms with Gasteiger partial charge < -0.3 is 9.74 Å². The predicted molar refractivity (Wildman–Crippen MR) is 74.0 cm³/mol. The average Bonchev–Trinajstić information content (AvgIpc) is 2.34. The molecule has 2 rings (SSSR count). The quantitative estimate of drug-likeness (QED) is 0.872. The average molecular weight is 299 g/mol. The molecule has 0 aliphatic carbocycles. The number of nitrogens with zero attached hydrogens (tertiary/aromatic N) is 1.